The maximum absolute atomic E-state index is 13.9. The summed E-state index contributed by atoms with van der Waals surface area (Å²) in [5.74, 6) is 0.286. The molecule has 5 N–H and O–H groups in total. The number of allylic oxidation sites excluding steroid dienone is 1. The Morgan fingerprint density at radius 2 is 1.84 bits per heavy atom. The number of guanidine groups is 1. The van der Waals surface area contributed by atoms with Crippen LogP contribution in [-0.4, -0.2) is 59.3 Å². The predicted molar refractivity (Wildman–Crippen MR) is 172 cm³/mol. The van der Waals surface area contributed by atoms with Crippen LogP contribution in [0.5, 0.6) is 0 Å². The van der Waals surface area contributed by atoms with E-state index in [0.29, 0.717) is 31.1 Å². The lowest BCUT2D eigenvalue weighted by molar-refractivity contribution is -0.822. The number of carbonyl (C=O) groups excluding carboxylic acids is 2. The van der Waals surface area contributed by atoms with Crippen molar-refractivity contribution < 1.29 is 29.1 Å². The third-order valence-electron chi connectivity index (χ3n) is 9.76. The summed E-state index contributed by atoms with van der Waals surface area (Å²) in [6.45, 7) is 13.4. The van der Waals surface area contributed by atoms with Crippen molar-refractivity contribution in [2.75, 3.05) is 6.54 Å². The van der Waals surface area contributed by atoms with Crippen molar-refractivity contribution in [3.63, 3.8) is 0 Å². The van der Waals surface area contributed by atoms with Gasteiger partial charge in [-0.15, -0.1) is 0 Å². The second-order valence-corrected chi connectivity index (χ2v) is 14.2. The number of carbonyl (C=O) groups is 2. The van der Waals surface area contributed by atoms with Gasteiger partial charge in [-0.1, -0.05) is 79.2 Å². The normalized spacial score (nSPS) is 25.1. The van der Waals surface area contributed by atoms with Gasteiger partial charge in [-0.25, -0.2) is 10.2 Å². The zero-order valence-corrected chi connectivity index (χ0v) is 27.9. The fourth-order valence-electron chi connectivity index (χ4n) is 7.24. The van der Waals surface area contributed by atoms with E-state index in [2.05, 4.69) is 57.9 Å². The van der Waals surface area contributed by atoms with Crippen molar-refractivity contribution in [2.24, 2.45) is 28.0 Å². The molecule has 0 aromatic heterocycles. The first-order chi connectivity index (χ1) is 20.8. The van der Waals surface area contributed by atoms with Gasteiger partial charge in [0, 0.05) is 25.2 Å². The number of Topliss-reactive ketones (excluding diaryl/α,β-unsaturated/α-hetero) is 1. The summed E-state index contributed by atoms with van der Waals surface area (Å²) in [5, 5.41) is 11.2. The average Bonchev–Trinajstić information content (AvgIpc) is 3.30. The van der Waals surface area contributed by atoms with Crippen molar-refractivity contribution in [3.05, 3.63) is 16.6 Å². The highest BCUT2D eigenvalue weighted by atomic mass is 16.7. The van der Waals surface area contributed by atoms with Crippen LogP contribution in [0.4, 0.5) is 0 Å². The average molecular weight is 619 g/mol. The van der Waals surface area contributed by atoms with Crippen molar-refractivity contribution in [3.8, 4) is 0 Å². The number of hydrazine groups is 1. The Hall–Kier alpha value is -2.47. The van der Waals surface area contributed by atoms with Gasteiger partial charge in [0.05, 0.1) is 17.7 Å². The molecule has 1 aliphatic heterocycles. The molecule has 0 aromatic carbocycles. The summed E-state index contributed by atoms with van der Waals surface area (Å²) in [7, 11) is -0.486. The first-order valence-corrected chi connectivity index (χ1v) is 16.9. The molecule has 1 heterocycles. The maximum Gasteiger partial charge on any atom is 0.461 e. The van der Waals surface area contributed by atoms with Crippen LogP contribution < -0.4 is 16.5 Å². The van der Waals surface area contributed by atoms with Gasteiger partial charge in [-0.05, 0) is 67.3 Å². The third-order valence-corrected chi connectivity index (χ3v) is 9.76. The van der Waals surface area contributed by atoms with Crippen molar-refractivity contribution >= 4 is 24.8 Å². The highest BCUT2D eigenvalue weighted by Gasteiger charge is 2.64. The van der Waals surface area contributed by atoms with E-state index in [4.69, 9.17) is 20.2 Å². The molecular weight excluding hydrogens is 561 g/mol. The van der Waals surface area contributed by atoms with Crippen LogP contribution in [0.3, 0.4) is 0 Å². The van der Waals surface area contributed by atoms with Gasteiger partial charge in [-0.2, -0.15) is 0 Å². The van der Waals surface area contributed by atoms with Gasteiger partial charge in [0.15, 0.2) is 5.78 Å². The van der Waals surface area contributed by atoms with E-state index in [-0.39, 0.29) is 48.0 Å². The van der Waals surface area contributed by atoms with E-state index in [0.717, 1.165) is 32.1 Å². The van der Waals surface area contributed by atoms with Crippen LogP contribution in [0.1, 0.15) is 125 Å². The molecule has 248 valence electrons. The SMILES string of the molecule is CCCCCCCCCC(=O)N[C@@H](CCCN=C(N)N[N+](=O)O)C(=O)C[C@@H](CC(C)C)B1O[C@@H]2C[C@@H]3C=C(C3(C)C)[C@]2(C)O1. The summed E-state index contributed by atoms with van der Waals surface area (Å²) in [5.41, 5.74) is 8.43. The predicted octanol–water partition coefficient (Wildman–Crippen LogP) is 5.40. The largest absolute Gasteiger partial charge is 0.461 e. The fraction of sp³-hybridized carbons (Fsp3) is 0.844. The minimum absolute atomic E-state index is 0.0198. The van der Waals surface area contributed by atoms with Gasteiger partial charge < -0.3 is 20.4 Å². The molecule has 5 atom stereocenters. The number of ketones is 1. The molecule has 4 rings (SSSR count). The highest BCUT2D eigenvalue weighted by molar-refractivity contribution is 6.48. The van der Waals surface area contributed by atoms with Gasteiger partial charge in [0.1, 0.15) is 4.91 Å². The highest BCUT2D eigenvalue weighted by Crippen LogP contribution is 2.62. The zero-order valence-electron chi connectivity index (χ0n) is 27.9. The molecule has 1 amide bonds. The standard InChI is InChI=1S/C32H56BN5O6/c1-7-8-9-10-11-12-13-16-29(40)36-25(15-14-17-35-30(34)37-38(41)42)26(39)21-24(18-22(2)3)33-43-28-20-23-19-27(31(23,4)5)32(28,6)44-33/h19,22-25,28H,7-18,20-21H2,1-6H3,(H4-,34,35,36,37,40,41,42)/p+1/t23-,24+,25-,28+,32-/m0/s1. The number of nitrogens with zero attached hydrogens (tertiary/aromatic N) is 2. The molecule has 1 saturated heterocycles. The number of nitrogens with two attached hydrogens (primary N) is 1. The van der Waals surface area contributed by atoms with Crippen LogP contribution >= 0.6 is 0 Å². The molecule has 44 heavy (non-hydrogen) atoms. The number of hydrogen-bond acceptors (Lipinski definition) is 6. The Morgan fingerprint density at radius 1 is 1.16 bits per heavy atom. The number of hydrogen-bond donors (Lipinski definition) is 4. The van der Waals surface area contributed by atoms with Crippen molar-refractivity contribution in [1.82, 2.24) is 10.7 Å². The lowest BCUT2D eigenvalue weighted by Gasteiger charge is -2.57. The number of amides is 1. The molecule has 12 heteroatoms. The topological polar surface area (TPSA) is 155 Å². The fourth-order valence-corrected chi connectivity index (χ4v) is 7.24. The van der Waals surface area contributed by atoms with E-state index >= 15 is 0 Å². The van der Waals surface area contributed by atoms with Gasteiger partial charge in [-0.3, -0.25) is 9.59 Å². The molecule has 0 aromatic rings. The van der Waals surface area contributed by atoms with Crippen LogP contribution in [0.2, 0.25) is 5.82 Å². The third kappa shape index (κ3) is 9.52. The first-order valence-electron chi connectivity index (χ1n) is 16.9. The summed E-state index contributed by atoms with van der Waals surface area (Å²) < 4.78 is 13.3. The molecule has 1 saturated carbocycles. The molecule has 0 unspecified atom stereocenters. The van der Waals surface area contributed by atoms with Crippen LogP contribution in [0, 0.1) is 22.2 Å². The lowest BCUT2D eigenvalue weighted by atomic mass is 9.51. The second-order valence-electron chi connectivity index (χ2n) is 14.2. The molecule has 2 fully saturated rings. The van der Waals surface area contributed by atoms with Crippen LogP contribution in [0.25, 0.3) is 0 Å². The van der Waals surface area contributed by atoms with Crippen LogP contribution in [0.15, 0.2) is 16.6 Å². The minimum atomic E-state index is -0.673. The Labute approximate surface area is 264 Å². The van der Waals surface area contributed by atoms with E-state index in [1.807, 2.05) is 5.43 Å². The Morgan fingerprint density at radius 3 is 2.48 bits per heavy atom. The van der Waals surface area contributed by atoms with Gasteiger partial charge in [0.2, 0.25) is 5.91 Å². The van der Waals surface area contributed by atoms with E-state index < -0.39 is 23.8 Å². The van der Waals surface area contributed by atoms with Crippen LogP contribution in [-0.2, 0) is 18.9 Å². The number of rotatable bonds is 20. The van der Waals surface area contributed by atoms with Crippen molar-refractivity contribution in [1.29, 1.82) is 0 Å². The van der Waals surface area contributed by atoms with E-state index in [1.54, 1.807) is 0 Å². The Kier molecular flexibility index (Phi) is 13.3. The first kappa shape index (κ1) is 36.0. The molecule has 2 bridgehead atoms. The summed E-state index contributed by atoms with van der Waals surface area (Å²) in [4.78, 5) is 41.5. The zero-order chi connectivity index (χ0) is 32.5. The summed E-state index contributed by atoms with van der Waals surface area (Å²) in [6.07, 6.45) is 13.2. The molecule has 3 aliphatic carbocycles. The second kappa shape index (κ2) is 16.2. The molecule has 11 nitrogen and oxygen atoms in total. The Bertz CT molecular complexity index is 1070. The van der Waals surface area contributed by atoms with Gasteiger partial charge >= 0.3 is 12.2 Å². The number of nitrogens with one attached hydrogen (secondary N) is 2. The maximum atomic E-state index is 13.9. The van der Waals surface area contributed by atoms with E-state index in [1.165, 1.54) is 31.3 Å². The summed E-state index contributed by atoms with van der Waals surface area (Å²) >= 11 is 0. The monoisotopic (exact) mass is 618 g/mol. The molecule has 4 aliphatic rings. The molecule has 0 radical (unpaired) electrons. The molecular formula is C32H57BN5O6+. The minimum Gasteiger partial charge on any atom is -0.405 e. The smallest absolute Gasteiger partial charge is 0.405 e. The number of aliphatic imine (C=N–C) groups is 1. The Balaban J connectivity index is 1.63. The molecule has 0 spiro atoms. The lowest BCUT2D eigenvalue weighted by Crippen LogP contribution is -2.57. The number of unbranched alkanes of at least 4 members (excludes halogenated alkanes) is 6. The quantitative estimate of drug-likeness (QED) is 0.0353. The van der Waals surface area contributed by atoms with Gasteiger partial charge in [0.25, 0.3) is 5.96 Å². The van der Waals surface area contributed by atoms with E-state index in [9.17, 15) is 14.5 Å². The van der Waals surface area contributed by atoms with Crippen molar-refractivity contribution in [2.45, 2.75) is 149 Å². The summed E-state index contributed by atoms with van der Waals surface area (Å²) in [6, 6.07) is -0.673.